The van der Waals surface area contributed by atoms with Gasteiger partial charge in [-0.1, -0.05) is 90.5 Å². The Kier molecular flexibility index (Phi) is 8.19. The number of halogens is 2. The van der Waals surface area contributed by atoms with Crippen LogP contribution in [0.5, 0.6) is 5.75 Å². The summed E-state index contributed by atoms with van der Waals surface area (Å²) in [6, 6.07) is 34.2. The summed E-state index contributed by atoms with van der Waals surface area (Å²) in [5.74, 6) is 0.666. The number of fused-ring (bicyclic) bond motifs is 1. The quantitative estimate of drug-likeness (QED) is 0.181. The van der Waals surface area contributed by atoms with E-state index in [4.69, 9.17) is 16.3 Å². The summed E-state index contributed by atoms with van der Waals surface area (Å²) in [6.07, 6.45) is 2.75. The average molecular weight is 513 g/mol. The van der Waals surface area contributed by atoms with Crippen LogP contribution >= 0.6 is 11.6 Å². The van der Waals surface area contributed by atoms with Crippen molar-refractivity contribution in [2.75, 3.05) is 19.7 Å². The fourth-order valence-corrected chi connectivity index (χ4v) is 5.02. The molecule has 0 atom stereocenters. The van der Waals surface area contributed by atoms with E-state index in [0.717, 1.165) is 41.7 Å². The lowest BCUT2D eigenvalue weighted by atomic mass is 9.90. The molecule has 0 unspecified atom stereocenters. The third kappa shape index (κ3) is 6.22. The summed E-state index contributed by atoms with van der Waals surface area (Å²) in [5.41, 5.74) is 4.35. The Balaban J connectivity index is 1.34. The highest BCUT2D eigenvalue weighted by molar-refractivity contribution is 6.31. The minimum atomic E-state index is -0.385. The molecule has 3 nitrogen and oxygen atoms in total. The predicted molar refractivity (Wildman–Crippen MR) is 150 cm³/mol. The molecule has 0 fully saturated rings. The van der Waals surface area contributed by atoms with Crippen LogP contribution < -0.4 is 4.74 Å². The molecule has 188 valence electrons. The molecule has 1 heterocycles. The van der Waals surface area contributed by atoms with Gasteiger partial charge >= 0.3 is 0 Å². The summed E-state index contributed by atoms with van der Waals surface area (Å²) in [6.45, 7) is 2.69. The van der Waals surface area contributed by atoms with Crippen LogP contribution in [-0.2, 0) is 6.54 Å². The van der Waals surface area contributed by atoms with Gasteiger partial charge in [0.2, 0.25) is 0 Å². The molecular formula is C32H30ClFN2O. The van der Waals surface area contributed by atoms with E-state index in [1.54, 1.807) is 6.07 Å². The Morgan fingerprint density at radius 2 is 1.51 bits per heavy atom. The number of ether oxygens (including phenoxy) is 1. The van der Waals surface area contributed by atoms with Gasteiger partial charge in [-0.15, -0.1) is 0 Å². The summed E-state index contributed by atoms with van der Waals surface area (Å²) in [4.78, 5) is 5.58. The van der Waals surface area contributed by atoms with Gasteiger partial charge in [-0.2, -0.15) is 0 Å². The second-order valence-electron chi connectivity index (χ2n) is 9.22. The Labute approximate surface area is 222 Å². The normalized spacial score (nSPS) is 11.5. The van der Waals surface area contributed by atoms with Crippen molar-refractivity contribution in [1.82, 2.24) is 9.88 Å². The number of nitrogens with zero attached hydrogens (tertiary/aromatic N) is 1. The van der Waals surface area contributed by atoms with E-state index >= 15 is 0 Å². The highest BCUT2D eigenvalue weighted by Gasteiger charge is 2.20. The first-order valence-corrected chi connectivity index (χ1v) is 13.0. The molecule has 0 aliphatic heterocycles. The molecule has 0 aliphatic rings. The van der Waals surface area contributed by atoms with Gasteiger partial charge in [-0.05, 0) is 47.4 Å². The number of rotatable bonds is 11. The third-order valence-electron chi connectivity index (χ3n) is 6.70. The third-order valence-corrected chi connectivity index (χ3v) is 7.12. The van der Waals surface area contributed by atoms with E-state index < -0.39 is 0 Å². The molecule has 0 spiro atoms. The van der Waals surface area contributed by atoms with Gasteiger partial charge in [0.05, 0.1) is 11.6 Å². The number of aromatic nitrogens is 1. The zero-order chi connectivity index (χ0) is 25.5. The smallest absolute Gasteiger partial charge is 0.142 e. The Bertz CT molecular complexity index is 1380. The number of hydrogen-bond donors (Lipinski definition) is 1. The lowest BCUT2D eigenvalue weighted by molar-refractivity contribution is 0.223. The monoisotopic (exact) mass is 512 g/mol. The minimum Gasteiger partial charge on any atom is -0.493 e. The molecular weight excluding hydrogens is 483 g/mol. The molecule has 5 heteroatoms. The summed E-state index contributed by atoms with van der Waals surface area (Å²) in [5, 5.41) is 1.28. The number of benzene rings is 4. The zero-order valence-corrected chi connectivity index (χ0v) is 21.4. The molecule has 0 bridgehead atoms. The van der Waals surface area contributed by atoms with Crippen LogP contribution in [0.4, 0.5) is 4.39 Å². The molecule has 0 saturated carbocycles. The van der Waals surface area contributed by atoms with E-state index in [0.29, 0.717) is 13.2 Å². The van der Waals surface area contributed by atoms with Crippen molar-refractivity contribution in [2.45, 2.75) is 18.9 Å². The standard InChI is InChI=1S/C32H30ClFN2O/c33-32-26(14-7-15-29(32)34)22-36(20-9-21-37-31-17-8-16-30-27(31)18-19-35-30)23-28(24-10-3-1-4-11-24)25-12-5-2-6-13-25/h1-8,10-19,28,35H,9,20-23H2. The predicted octanol–water partition coefficient (Wildman–Crippen LogP) is 8.06. The van der Waals surface area contributed by atoms with Crippen molar-refractivity contribution >= 4 is 22.5 Å². The number of aromatic amines is 1. The highest BCUT2D eigenvalue weighted by atomic mass is 35.5. The van der Waals surface area contributed by atoms with Crippen molar-refractivity contribution in [3.8, 4) is 5.75 Å². The lowest BCUT2D eigenvalue weighted by Gasteiger charge is -2.29. The van der Waals surface area contributed by atoms with E-state index in [1.807, 2.05) is 48.7 Å². The van der Waals surface area contributed by atoms with Gasteiger partial charge in [0.15, 0.2) is 0 Å². The maximum Gasteiger partial charge on any atom is 0.142 e. The van der Waals surface area contributed by atoms with Crippen LogP contribution in [0.3, 0.4) is 0 Å². The molecule has 4 aromatic carbocycles. The first-order valence-electron chi connectivity index (χ1n) is 12.6. The number of H-pyrrole nitrogens is 1. The van der Waals surface area contributed by atoms with Crippen molar-refractivity contribution in [1.29, 1.82) is 0 Å². The topological polar surface area (TPSA) is 28.3 Å². The second-order valence-corrected chi connectivity index (χ2v) is 9.60. The first kappa shape index (κ1) is 25.1. The van der Waals surface area contributed by atoms with Crippen LogP contribution in [0.25, 0.3) is 10.9 Å². The SMILES string of the molecule is Fc1cccc(CN(CCCOc2cccc3[nH]ccc23)CC(c2ccccc2)c2ccccc2)c1Cl. The second kappa shape index (κ2) is 12.1. The van der Waals surface area contributed by atoms with Crippen LogP contribution in [0.15, 0.2) is 109 Å². The summed E-state index contributed by atoms with van der Waals surface area (Å²) >= 11 is 6.36. The average Bonchev–Trinajstić information content (AvgIpc) is 3.43. The number of hydrogen-bond acceptors (Lipinski definition) is 2. The van der Waals surface area contributed by atoms with Gasteiger partial charge in [-0.25, -0.2) is 4.39 Å². The molecule has 37 heavy (non-hydrogen) atoms. The Morgan fingerprint density at radius 1 is 0.811 bits per heavy atom. The van der Waals surface area contributed by atoms with Crippen LogP contribution in [-0.4, -0.2) is 29.6 Å². The van der Waals surface area contributed by atoms with E-state index in [-0.39, 0.29) is 16.8 Å². The van der Waals surface area contributed by atoms with Crippen molar-refractivity contribution < 1.29 is 9.13 Å². The van der Waals surface area contributed by atoms with Gasteiger partial charge in [0.25, 0.3) is 0 Å². The zero-order valence-electron chi connectivity index (χ0n) is 20.6. The minimum absolute atomic E-state index is 0.171. The highest BCUT2D eigenvalue weighted by Crippen LogP contribution is 2.28. The molecule has 5 rings (SSSR count). The van der Waals surface area contributed by atoms with E-state index in [2.05, 4.69) is 58.4 Å². The molecule has 1 N–H and O–H groups in total. The molecule has 5 aromatic rings. The Hall–Kier alpha value is -3.60. The van der Waals surface area contributed by atoms with Gasteiger partial charge in [-0.3, -0.25) is 4.90 Å². The summed E-state index contributed by atoms with van der Waals surface area (Å²) < 4.78 is 20.4. The molecule has 0 saturated heterocycles. The van der Waals surface area contributed by atoms with E-state index in [1.165, 1.54) is 17.2 Å². The fourth-order valence-electron chi connectivity index (χ4n) is 4.83. The fraction of sp³-hybridized carbons (Fsp3) is 0.188. The van der Waals surface area contributed by atoms with Crippen LogP contribution in [0, 0.1) is 5.82 Å². The molecule has 0 radical (unpaired) electrons. The van der Waals surface area contributed by atoms with Crippen molar-refractivity contribution in [3.05, 3.63) is 137 Å². The maximum absolute atomic E-state index is 14.2. The van der Waals surface area contributed by atoms with E-state index in [9.17, 15) is 4.39 Å². The molecule has 1 aromatic heterocycles. The lowest BCUT2D eigenvalue weighted by Crippen LogP contribution is -2.31. The van der Waals surface area contributed by atoms with Crippen molar-refractivity contribution in [3.63, 3.8) is 0 Å². The first-order chi connectivity index (χ1) is 18.2. The molecule has 0 amide bonds. The largest absolute Gasteiger partial charge is 0.493 e. The van der Waals surface area contributed by atoms with Gasteiger partial charge < -0.3 is 9.72 Å². The number of nitrogens with one attached hydrogen (secondary N) is 1. The maximum atomic E-state index is 14.2. The molecule has 0 aliphatic carbocycles. The Morgan fingerprint density at radius 3 is 2.24 bits per heavy atom. The summed E-state index contributed by atoms with van der Waals surface area (Å²) in [7, 11) is 0. The van der Waals surface area contributed by atoms with Crippen LogP contribution in [0.1, 0.15) is 29.0 Å². The van der Waals surface area contributed by atoms with Gasteiger partial charge in [0, 0.05) is 42.7 Å². The van der Waals surface area contributed by atoms with Crippen molar-refractivity contribution in [2.24, 2.45) is 0 Å². The van der Waals surface area contributed by atoms with Gasteiger partial charge in [0.1, 0.15) is 11.6 Å². The van der Waals surface area contributed by atoms with Crippen LogP contribution in [0.2, 0.25) is 5.02 Å².